The summed E-state index contributed by atoms with van der Waals surface area (Å²) >= 11 is 5.81. The van der Waals surface area contributed by atoms with Crippen molar-refractivity contribution >= 4 is 23.4 Å². The van der Waals surface area contributed by atoms with E-state index in [0.29, 0.717) is 42.6 Å². The Kier molecular flexibility index (Phi) is 6.23. The van der Waals surface area contributed by atoms with Gasteiger partial charge in [0.1, 0.15) is 11.6 Å². The summed E-state index contributed by atoms with van der Waals surface area (Å²) < 4.78 is 19.3. The molecule has 1 saturated heterocycles. The standard InChI is InChI=1S/C23H24ClFN2O3/c24-20-12-17(5-10-21(20)25)23(29)27-11-1-2-15(13-27)14-30-19-8-3-16(4-9-19)22(28)26-18-6-7-18/h3-5,8-10,12,15,18H,1-2,6-7,11,13-14H2,(H,26,28)/t15-/m0/s1. The van der Waals surface area contributed by atoms with Crippen LogP contribution in [0.25, 0.3) is 0 Å². The van der Waals surface area contributed by atoms with Crippen LogP contribution in [0, 0.1) is 11.7 Å². The first-order valence-corrected chi connectivity index (χ1v) is 10.7. The largest absolute Gasteiger partial charge is 0.493 e. The highest BCUT2D eigenvalue weighted by atomic mass is 35.5. The topological polar surface area (TPSA) is 58.6 Å². The SMILES string of the molecule is O=C(NC1CC1)c1ccc(OC[C@H]2CCCN(C(=O)c3ccc(F)c(Cl)c3)C2)cc1. The molecule has 2 aliphatic rings. The number of likely N-dealkylation sites (tertiary alicyclic amines) is 1. The third-order valence-electron chi connectivity index (χ3n) is 5.49. The minimum atomic E-state index is -0.533. The van der Waals surface area contributed by atoms with Crippen LogP contribution in [0.3, 0.4) is 0 Å². The Labute approximate surface area is 180 Å². The molecule has 1 aliphatic heterocycles. The van der Waals surface area contributed by atoms with Gasteiger partial charge in [0.2, 0.25) is 0 Å². The maximum atomic E-state index is 13.4. The first-order valence-electron chi connectivity index (χ1n) is 10.3. The van der Waals surface area contributed by atoms with E-state index in [-0.39, 0.29) is 22.8 Å². The molecule has 1 aliphatic carbocycles. The van der Waals surface area contributed by atoms with E-state index in [1.807, 2.05) is 0 Å². The van der Waals surface area contributed by atoms with Crippen molar-refractivity contribution in [3.63, 3.8) is 0 Å². The van der Waals surface area contributed by atoms with Crippen LogP contribution >= 0.6 is 11.6 Å². The molecule has 7 heteroatoms. The van der Waals surface area contributed by atoms with Crippen LogP contribution in [0.15, 0.2) is 42.5 Å². The summed E-state index contributed by atoms with van der Waals surface area (Å²) in [6.07, 6.45) is 3.97. The second-order valence-electron chi connectivity index (χ2n) is 7.97. The van der Waals surface area contributed by atoms with Crippen LogP contribution in [-0.4, -0.2) is 42.5 Å². The van der Waals surface area contributed by atoms with E-state index in [1.165, 1.54) is 18.2 Å². The van der Waals surface area contributed by atoms with Crippen LogP contribution in [0.2, 0.25) is 5.02 Å². The van der Waals surface area contributed by atoms with Gasteiger partial charge in [-0.15, -0.1) is 0 Å². The normalized spacial score (nSPS) is 18.7. The highest BCUT2D eigenvalue weighted by Crippen LogP contribution is 2.23. The van der Waals surface area contributed by atoms with Crippen molar-refractivity contribution in [1.82, 2.24) is 10.2 Å². The number of rotatable bonds is 6. The molecule has 1 atom stereocenters. The van der Waals surface area contributed by atoms with Crippen molar-refractivity contribution in [3.05, 3.63) is 64.4 Å². The van der Waals surface area contributed by atoms with E-state index in [1.54, 1.807) is 29.2 Å². The molecule has 2 amide bonds. The average molecular weight is 431 g/mol. The summed E-state index contributed by atoms with van der Waals surface area (Å²) in [5.41, 5.74) is 1.02. The molecular weight excluding hydrogens is 407 g/mol. The van der Waals surface area contributed by atoms with Crippen LogP contribution < -0.4 is 10.1 Å². The maximum absolute atomic E-state index is 13.4. The second kappa shape index (κ2) is 9.04. The Morgan fingerprint density at radius 2 is 1.83 bits per heavy atom. The molecule has 2 fully saturated rings. The van der Waals surface area contributed by atoms with E-state index in [2.05, 4.69) is 5.32 Å². The number of hydrogen-bond donors (Lipinski definition) is 1. The zero-order valence-electron chi connectivity index (χ0n) is 16.6. The molecule has 0 spiro atoms. The van der Waals surface area contributed by atoms with Gasteiger partial charge in [-0.25, -0.2) is 4.39 Å². The molecule has 2 aromatic rings. The minimum absolute atomic E-state index is 0.0491. The first-order chi connectivity index (χ1) is 14.5. The lowest BCUT2D eigenvalue weighted by atomic mass is 9.98. The predicted molar refractivity (Wildman–Crippen MR) is 112 cm³/mol. The van der Waals surface area contributed by atoms with Gasteiger partial charge in [0.15, 0.2) is 0 Å². The highest BCUT2D eigenvalue weighted by molar-refractivity contribution is 6.31. The van der Waals surface area contributed by atoms with Crippen LogP contribution in [0.4, 0.5) is 4.39 Å². The summed E-state index contributed by atoms with van der Waals surface area (Å²) in [7, 11) is 0. The Balaban J connectivity index is 1.30. The molecule has 30 heavy (non-hydrogen) atoms. The number of ether oxygens (including phenoxy) is 1. The zero-order valence-corrected chi connectivity index (χ0v) is 17.3. The van der Waals surface area contributed by atoms with E-state index >= 15 is 0 Å². The van der Waals surface area contributed by atoms with Crippen molar-refractivity contribution in [2.75, 3.05) is 19.7 Å². The van der Waals surface area contributed by atoms with Gasteiger partial charge >= 0.3 is 0 Å². The second-order valence-corrected chi connectivity index (χ2v) is 8.38. The zero-order chi connectivity index (χ0) is 21.1. The quantitative estimate of drug-likeness (QED) is 0.743. The number of nitrogens with one attached hydrogen (secondary N) is 1. The molecule has 1 N–H and O–H groups in total. The minimum Gasteiger partial charge on any atom is -0.493 e. The number of carbonyl (C=O) groups excluding carboxylic acids is 2. The number of benzene rings is 2. The fraction of sp³-hybridized carbons (Fsp3) is 0.391. The van der Waals surface area contributed by atoms with Crippen molar-refractivity contribution in [2.24, 2.45) is 5.92 Å². The van der Waals surface area contributed by atoms with E-state index in [0.717, 1.165) is 25.7 Å². The molecule has 0 radical (unpaired) electrons. The summed E-state index contributed by atoms with van der Waals surface area (Å²) in [5.74, 6) is 0.177. The van der Waals surface area contributed by atoms with Crippen molar-refractivity contribution in [3.8, 4) is 5.75 Å². The monoisotopic (exact) mass is 430 g/mol. The maximum Gasteiger partial charge on any atom is 0.253 e. The van der Waals surface area contributed by atoms with Crippen molar-refractivity contribution in [2.45, 2.75) is 31.7 Å². The van der Waals surface area contributed by atoms with E-state index in [9.17, 15) is 14.0 Å². The van der Waals surface area contributed by atoms with Gasteiger partial charge in [-0.1, -0.05) is 11.6 Å². The van der Waals surface area contributed by atoms with Crippen molar-refractivity contribution < 1.29 is 18.7 Å². The van der Waals surface area contributed by atoms with Crippen LogP contribution in [-0.2, 0) is 0 Å². The molecule has 0 aromatic heterocycles. The molecular formula is C23H24ClFN2O3. The average Bonchev–Trinajstić information content (AvgIpc) is 3.58. The Morgan fingerprint density at radius 1 is 1.10 bits per heavy atom. The third kappa shape index (κ3) is 5.11. The Bertz CT molecular complexity index is 931. The van der Waals surface area contributed by atoms with E-state index < -0.39 is 5.82 Å². The Morgan fingerprint density at radius 3 is 2.53 bits per heavy atom. The fourth-order valence-corrected chi connectivity index (χ4v) is 3.79. The lowest BCUT2D eigenvalue weighted by Crippen LogP contribution is -2.41. The van der Waals surface area contributed by atoms with Gasteiger partial charge in [-0.3, -0.25) is 9.59 Å². The number of hydrogen-bond acceptors (Lipinski definition) is 3. The molecule has 1 saturated carbocycles. The molecule has 5 nitrogen and oxygen atoms in total. The smallest absolute Gasteiger partial charge is 0.253 e. The number of amides is 2. The lowest BCUT2D eigenvalue weighted by Gasteiger charge is -2.32. The molecule has 158 valence electrons. The van der Waals surface area contributed by atoms with Gasteiger partial charge in [-0.05, 0) is 68.1 Å². The van der Waals surface area contributed by atoms with Gasteiger partial charge in [0.05, 0.1) is 11.6 Å². The number of halogens is 2. The number of nitrogens with zero attached hydrogens (tertiary/aromatic N) is 1. The third-order valence-corrected chi connectivity index (χ3v) is 5.78. The summed E-state index contributed by atoms with van der Waals surface area (Å²) in [5, 5.41) is 2.91. The summed E-state index contributed by atoms with van der Waals surface area (Å²) in [4.78, 5) is 26.6. The molecule has 1 heterocycles. The molecule has 4 rings (SSSR count). The first kappa shape index (κ1) is 20.7. The number of piperidine rings is 1. The van der Waals surface area contributed by atoms with Gasteiger partial charge in [0, 0.05) is 36.2 Å². The molecule has 0 unspecified atom stereocenters. The van der Waals surface area contributed by atoms with E-state index in [4.69, 9.17) is 16.3 Å². The fourth-order valence-electron chi connectivity index (χ4n) is 3.61. The van der Waals surface area contributed by atoms with Crippen LogP contribution in [0.5, 0.6) is 5.75 Å². The van der Waals surface area contributed by atoms with Gasteiger partial charge in [0.25, 0.3) is 11.8 Å². The van der Waals surface area contributed by atoms with Crippen LogP contribution in [0.1, 0.15) is 46.4 Å². The summed E-state index contributed by atoms with van der Waals surface area (Å²) in [6.45, 7) is 1.73. The molecule has 2 aromatic carbocycles. The molecule has 0 bridgehead atoms. The van der Waals surface area contributed by atoms with Gasteiger partial charge < -0.3 is 15.0 Å². The van der Waals surface area contributed by atoms with Gasteiger partial charge in [-0.2, -0.15) is 0 Å². The predicted octanol–water partition coefficient (Wildman–Crippen LogP) is 4.30. The lowest BCUT2D eigenvalue weighted by molar-refractivity contribution is 0.0633. The summed E-state index contributed by atoms with van der Waals surface area (Å²) in [6, 6.07) is 11.5. The van der Waals surface area contributed by atoms with Crippen molar-refractivity contribution in [1.29, 1.82) is 0 Å². The highest BCUT2D eigenvalue weighted by Gasteiger charge is 2.26. The number of carbonyl (C=O) groups is 2. The Hall–Kier alpha value is -2.60.